The lowest BCUT2D eigenvalue weighted by Gasteiger charge is -2.30. The van der Waals surface area contributed by atoms with E-state index in [4.69, 9.17) is 5.11 Å². The van der Waals surface area contributed by atoms with Gasteiger partial charge in [-0.15, -0.1) is 0 Å². The third-order valence-corrected chi connectivity index (χ3v) is 5.64. The Labute approximate surface area is 129 Å². The molecule has 1 N–H and O–H groups in total. The second-order valence-corrected chi connectivity index (χ2v) is 7.31. The minimum atomic E-state index is -0.892. The molecule has 3 heterocycles. The molecule has 1 atom stereocenters. The Morgan fingerprint density at radius 2 is 2.14 bits per heavy atom. The molecule has 0 saturated carbocycles. The van der Waals surface area contributed by atoms with Gasteiger partial charge in [-0.3, -0.25) is 4.98 Å². The molecular weight excluding hydrogens is 284 g/mol. The minimum Gasteiger partial charge on any atom is -0.478 e. The van der Waals surface area contributed by atoms with Crippen LogP contribution in [0.2, 0.25) is 0 Å². The molecule has 1 aromatic heterocycles. The van der Waals surface area contributed by atoms with Gasteiger partial charge in [0.25, 0.3) is 0 Å². The van der Waals surface area contributed by atoms with Crippen molar-refractivity contribution in [2.45, 2.75) is 31.7 Å². The summed E-state index contributed by atoms with van der Waals surface area (Å²) in [5, 5.41) is 9.03. The van der Waals surface area contributed by atoms with Crippen molar-refractivity contribution in [3.63, 3.8) is 0 Å². The van der Waals surface area contributed by atoms with Crippen LogP contribution in [0.15, 0.2) is 18.5 Å². The number of carboxylic acids is 1. The first kappa shape index (κ1) is 14.9. The second kappa shape index (κ2) is 6.79. The number of carbonyl (C=O) groups is 1. The van der Waals surface area contributed by atoms with Crippen LogP contribution in [0.3, 0.4) is 0 Å². The molecule has 2 aliphatic heterocycles. The fraction of sp³-hybridized carbons (Fsp3) is 0.625. The molecule has 3 rings (SSSR count). The quantitative estimate of drug-likeness (QED) is 0.926. The van der Waals surface area contributed by atoms with Crippen molar-refractivity contribution in [3.05, 3.63) is 29.6 Å². The van der Waals surface area contributed by atoms with Gasteiger partial charge in [0.15, 0.2) is 0 Å². The standard InChI is InChI=1S/C16H22N2O2S/c19-16(20)14-8-13(9-17-10-14)7-12-1-4-18(11-12)15-2-5-21-6-3-15/h8-10,12,15H,1-7,11H2,(H,19,20). The fourth-order valence-electron chi connectivity index (χ4n) is 3.46. The maximum absolute atomic E-state index is 11.0. The lowest BCUT2D eigenvalue weighted by Crippen LogP contribution is -2.36. The normalized spacial score (nSPS) is 24.3. The van der Waals surface area contributed by atoms with E-state index in [1.807, 2.05) is 6.20 Å². The predicted molar refractivity (Wildman–Crippen MR) is 84.9 cm³/mol. The molecular formula is C16H22N2O2S. The van der Waals surface area contributed by atoms with Crippen LogP contribution in [-0.2, 0) is 6.42 Å². The van der Waals surface area contributed by atoms with Crippen LogP contribution >= 0.6 is 11.8 Å². The van der Waals surface area contributed by atoms with E-state index in [1.165, 1.54) is 43.5 Å². The van der Waals surface area contributed by atoms with Gasteiger partial charge in [-0.2, -0.15) is 11.8 Å². The molecule has 0 aliphatic carbocycles. The third-order valence-electron chi connectivity index (χ3n) is 4.59. The second-order valence-electron chi connectivity index (χ2n) is 6.08. The monoisotopic (exact) mass is 306 g/mol. The van der Waals surface area contributed by atoms with Gasteiger partial charge < -0.3 is 10.0 Å². The average Bonchev–Trinajstić information content (AvgIpc) is 2.97. The largest absolute Gasteiger partial charge is 0.478 e. The van der Waals surface area contributed by atoms with E-state index < -0.39 is 5.97 Å². The first-order valence-corrected chi connectivity index (χ1v) is 8.87. The average molecular weight is 306 g/mol. The van der Waals surface area contributed by atoms with E-state index in [2.05, 4.69) is 21.6 Å². The Morgan fingerprint density at radius 3 is 2.90 bits per heavy atom. The molecule has 0 spiro atoms. The molecule has 5 heteroatoms. The maximum Gasteiger partial charge on any atom is 0.337 e. The maximum atomic E-state index is 11.0. The van der Waals surface area contributed by atoms with E-state index >= 15 is 0 Å². The topological polar surface area (TPSA) is 53.4 Å². The van der Waals surface area contributed by atoms with Crippen LogP contribution in [0.4, 0.5) is 0 Å². The number of hydrogen-bond acceptors (Lipinski definition) is 4. The molecule has 0 radical (unpaired) electrons. The highest BCUT2D eigenvalue weighted by Gasteiger charge is 2.29. The zero-order valence-electron chi connectivity index (χ0n) is 12.2. The van der Waals surface area contributed by atoms with Crippen LogP contribution in [0.25, 0.3) is 0 Å². The molecule has 4 nitrogen and oxygen atoms in total. The smallest absolute Gasteiger partial charge is 0.337 e. The zero-order chi connectivity index (χ0) is 14.7. The van der Waals surface area contributed by atoms with Crippen molar-refractivity contribution in [3.8, 4) is 0 Å². The highest BCUT2D eigenvalue weighted by atomic mass is 32.2. The number of aromatic nitrogens is 1. The molecule has 2 aliphatic rings. The highest BCUT2D eigenvalue weighted by molar-refractivity contribution is 7.99. The summed E-state index contributed by atoms with van der Waals surface area (Å²) in [4.78, 5) is 17.7. The van der Waals surface area contributed by atoms with Gasteiger partial charge in [-0.25, -0.2) is 4.79 Å². The molecule has 1 aromatic rings. The van der Waals surface area contributed by atoms with Gasteiger partial charge in [0.05, 0.1) is 5.56 Å². The Bertz CT molecular complexity index is 503. The first-order chi connectivity index (χ1) is 10.2. The van der Waals surface area contributed by atoms with Crippen molar-refractivity contribution in [1.82, 2.24) is 9.88 Å². The fourth-order valence-corrected chi connectivity index (χ4v) is 4.54. The number of aromatic carboxylic acids is 1. The molecule has 2 saturated heterocycles. The molecule has 0 aromatic carbocycles. The van der Waals surface area contributed by atoms with E-state index in [0.717, 1.165) is 24.6 Å². The Kier molecular flexibility index (Phi) is 4.80. The van der Waals surface area contributed by atoms with Crippen LogP contribution in [0, 0.1) is 5.92 Å². The zero-order valence-corrected chi connectivity index (χ0v) is 13.0. The summed E-state index contributed by atoms with van der Waals surface area (Å²) >= 11 is 2.07. The van der Waals surface area contributed by atoms with Gasteiger partial charge in [0.2, 0.25) is 0 Å². The number of pyridine rings is 1. The van der Waals surface area contributed by atoms with Crippen molar-refractivity contribution in [2.75, 3.05) is 24.6 Å². The van der Waals surface area contributed by atoms with Crippen LogP contribution in [0.5, 0.6) is 0 Å². The summed E-state index contributed by atoms with van der Waals surface area (Å²) in [5.74, 6) is 2.36. The summed E-state index contributed by atoms with van der Waals surface area (Å²) < 4.78 is 0. The van der Waals surface area contributed by atoms with Crippen molar-refractivity contribution >= 4 is 17.7 Å². The van der Waals surface area contributed by atoms with Crippen molar-refractivity contribution in [1.29, 1.82) is 0 Å². The summed E-state index contributed by atoms with van der Waals surface area (Å²) in [6, 6.07) is 2.55. The van der Waals surface area contributed by atoms with Gasteiger partial charge in [-0.05, 0) is 61.3 Å². The number of rotatable bonds is 4. The lowest BCUT2D eigenvalue weighted by atomic mass is 9.99. The van der Waals surface area contributed by atoms with Crippen LogP contribution in [-0.4, -0.2) is 51.6 Å². The minimum absolute atomic E-state index is 0.298. The van der Waals surface area contributed by atoms with E-state index in [-0.39, 0.29) is 0 Å². The number of carboxylic acid groups (broad SMARTS) is 1. The Morgan fingerprint density at radius 1 is 1.33 bits per heavy atom. The number of nitrogens with zero attached hydrogens (tertiary/aromatic N) is 2. The summed E-state index contributed by atoms with van der Waals surface area (Å²) in [7, 11) is 0. The summed E-state index contributed by atoms with van der Waals surface area (Å²) in [5.41, 5.74) is 1.35. The van der Waals surface area contributed by atoms with Gasteiger partial charge in [0, 0.05) is 25.0 Å². The summed E-state index contributed by atoms with van der Waals surface area (Å²) in [6.07, 6.45) is 8.06. The van der Waals surface area contributed by atoms with Gasteiger partial charge in [-0.1, -0.05) is 0 Å². The Balaban J connectivity index is 1.56. The van der Waals surface area contributed by atoms with Crippen LogP contribution in [0.1, 0.15) is 35.2 Å². The molecule has 21 heavy (non-hydrogen) atoms. The lowest BCUT2D eigenvalue weighted by molar-refractivity contribution is 0.0696. The van der Waals surface area contributed by atoms with Crippen molar-refractivity contribution < 1.29 is 9.90 Å². The number of thioether (sulfide) groups is 1. The molecule has 0 amide bonds. The molecule has 2 fully saturated rings. The molecule has 1 unspecified atom stereocenters. The predicted octanol–water partition coefficient (Wildman–Crippen LogP) is 2.54. The molecule has 114 valence electrons. The van der Waals surface area contributed by atoms with Gasteiger partial charge >= 0.3 is 5.97 Å². The Hall–Kier alpha value is -1.07. The SMILES string of the molecule is O=C(O)c1cncc(CC2CCN(C3CCSCC3)C2)c1. The van der Waals surface area contributed by atoms with Crippen LogP contribution < -0.4 is 0 Å². The first-order valence-electron chi connectivity index (χ1n) is 7.71. The third kappa shape index (κ3) is 3.77. The van der Waals surface area contributed by atoms with E-state index in [0.29, 0.717) is 11.5 Å². The highest BCUT2D eigenvalue weighted by Crippen LogP contribution is 2.28. The number of hydrogen-bond donors (Lipinski definition) is 1. The molecule has 0 bridgehead atoms. The summed E-state index contributed by atoms with van der Waals surface area (Å²) in [6.45, 7) is 2.36. The number of likely N-dealkylation sites (tertiary alicyclic amines) is 1. The van der Waals surface area contributed by atoms with Gasteiger partial charge in [0.1, 0.15) is 0 Å². The van der Waals surface area contributed by atoms with E-state index in [1.54, 1.807) is 6.07 Å². The van der Waals surface area contributed by atoms with Crippen molar-refractivity contribution in [2.24, 2.45) is 5.92 Å². The van der Waals surface area contributed by atoms with E-state index in [9.17, 15) is 4.79 Å².